The van der Waals surface area contributed by atoms with Crippen molar-refractivity contribution in [3.63, 3.8) is 0 Å². The number of esters is 1. The number of ether oxygens (including phenoxy) is 2. The van der Waals surface area contributed by atoms with Crippen LogP contribution in [0.2, 0.25) is 0 Å². The summed E-state index contributed by atoms with van der Waals surface area (Å²) in [6, 6.07) is 7.90. The number of methoxy groups -OCH3 is 1. The van der Waals surface area contributed by atoms with Gasteiger partial charge in [-0.3, -0.25) is 14.4 Å². The average molecular weight is 494 g/mol. The summed E-state index contributed by atoms with van der Waals surface area (Å²) in [5, 5.41) is 7.97. The normalized spacial score (nSPS) is 12.4. The first kappa shape index (κ1) is 31.9. The van der Waals surface area contributed by atoms with E-state index in [0.717, 1.165) is 12.0 Å². The lowest BCUT2D eigenvalue weighted by Crippen LogP contribution is -2.54. The van der Waals surface area contributed by atoms with Gasteiger partial charge in [-0.15, -0.1) is 0 Å². The number of amides is 3. The van der Waals surface area contributed by atoms with E-state index in [4.69, 9.17) is 4.74 Å². The Bertz CT molecular complexity index is 790. The Morgan fingerprint density at radius 2 is 1.54 bits per heavy atom. The Kier molecular flexibility index (Phi) is 15.1. The van der Waals surface area contributed by atoms with E-state index < -0.39 is 29.7 Å². The van der Waals surface area contributed by atoms with Crippen molar-refractivity contribution in [2.24, 2.45) is 5.92 Å². The molecular formula is C26H43N3O6. The summed E-state index contributed by atoms with van der Waals surface area (Å²) in [5.74, 6) is -0.664. The molecular weight excluding hydrogens is 450 g/mol. The molecule has 0 saturated carbocycles. The predicted molar refractivity (Wildman–Crippen MR) is 136 cm³/mol. The molecule has 0 aliphatic carbocycles. The largest absolute Gasteiger partial charge is 0.469 e. The highest BCUT2D eigenvalue weighted by atomic mass is 16.6. The number of carbonyl (C=O) groups is 4. The Morgan fingerprint density at radius 1 is 0.943 bits per heavy atom. The number of rotatable bonds is 10. The van der Waals surface area contributed by atoms with Gasteiger partial charge in [0.2, 0.25) is 11.8 Å². The highest BCUT2D eigenvalue weighted by Crippen LogP contribution is 2.11. The van der Waals surface area contributed by atoms with E-state index in [0.29, 0.717) is 19.3 Å². The van der Waals surface area contributed by atoms with E-state index in [2.05, 4.69) is 20.7 Å². The summed E-state index contributed by atoms with van der Waals surface area (Å²) in [6.45, 7) is 11.1. The van der Waals surface area contributed by atoms with Gasteiger partial charge in [-0.2, -0.15) is 0 Å². The van der Waals surface area contributed by atoms with Gasteiger partial charge < -0.3 is 25.4 Å². The van der Waals surface area contributed by atoms with E-state index in [1.807, 2.05) is 51.1 Å². The molecule has 1 aromatic carbocycles. The van der Waals surface area contributed by atoms with E-state index in [1.165, 1.54) is 14.2 Å². The lowest BCUT2D eigenvalue weighted by atomic mass is 10.0. The third-order valence-electron chi connectivity index (χ3n) is 4.56. The molecule has 0 aliphatic heterocycles. The molecule has 0 bridgehead atoms. The van der Waals surface area contributed by atoms with Crippen molar-refractivity contribution in [2.45, 2.75) is 84.9 Å². The Labute approximate surface area is 209 Å². The molecule has 2 unspecified atom stereocenters. The Balaban J connectivity index is 0.00000143. The average Bonchev–Trinajstić information content (AvgIpc) is 2.77. The molecule has 0 heterocycles. The fourth-order valence-corrected chi connectivity index (χ4v) is 2.96. The maximum atomic E-state index is 12.8. The highest BCUT2D eigenvalue weighted by molar-refractivity contribution is 5.91. The van der Waals surface area contributed by atoms with Gasteiger partial charge in [0.25, 0.3) is 0 Å². The van der Waals surface area contributed by atoms with Gasteiger partial charge in [-0.05, 0) is 45.1 Å². The molecule has 0 spiro atoms. The maximum absolute atomic E-state index is 12.8. The van der Waals surface area contributed by atoms with Gasteiger partial charge >= 0.3 is 12.1 Å². The highest BCUT2D eigenvalue weighted by Gasteiger charge is 2.28. The molecule has 0 fully saturated rings. The second kappa shape index (κ2) is 16.5. The molecule has 0 radical (unpaired) electrons. The molecule has 3 N–H and O–H groups in total. The van der Waals surface area contributed by atoms with Crippen molar-refractivity contribution >= 4 is 23.9 Å². The minimum Gasteiger partial charge on any atom is -0.469 e. The van der Waals surface area contributed by atoms with Crippen molar-refractivity contribution in [1.29, 1.82) is 0 Å². The van der Waals surface area contributed by atoms with Crippen molar-refractivity contribution in [3.05, 3.63) is 35.9 Å². The number of benzene rings is 1. The quantitative estimate of drug-likeness (QED) is 0.430. The summed E-state index contributed by atoms with van der Waals surface area (Å²) >= 11 is 0. The van der Waals surface area contributed by atoms with Crippen LogP contribution in [-0.4, -0.2) is 55.7 Å². The molecule has 0 aromatic heterocycles. The van der Waals surface area contributed by atoms with Crippen LogP contribution in [0.3, 0.4) is 0 Å². The molecule has 1 rings (SSSR count). The lowest BCUT2D eigenvalue weighted by molar-refractivity contribution is -0.140. The molecule has 9 heteroatoms. The van der Waals surface area contributed by atoms with Gasteiger partial charge in [0.15, 0.2) is 0 Å². The lowest BCUT2D eigenvalue weighted by Gasteiger charge is -2.26. The summed E-state index contributed by atoms with van der Waals surface area (Å²) in [4.78, 5) is 47.4. The molecule has 0 saturated heterocycles. The summed E-state index contributed by atoms with van der Waals surface area (Å²) in [6.07, 6.45) is 1.53. The predicted octanol–water partition coefficient (Wildman–Crippen LogP) is 3.36. The molecule has 0 aliphatic rings. The number of alkyl carbamates (subject to hydrolysis) is 1. The summed E-state index contributed by atoms with van der Waals surface area (Å²) < 4.78 is 9.61. The van der Waals surface area contributed by atoms with E-state index >= 15 is 0 Å². The van der Waals surface area contributed by atoms with Crippen LogP contribution in [0.4, 0.5) is 4.79 Å². The van der Waals surface area contributed by atoms with Crippen molar-refractivity contribution in [1.82, 2.24) is 16.0 Å². The zero-order valence-corrected chi connectivity index (χ0v) is 22.4. The van der Waals surface area contributed by atoms with Gasteiger partial charge in [-0.25, -0.2) is 4.79 Å². The zero-order chi connectivity index (χ0) is 27.0. The van der Waals surface area contributed by atoms with Gasteiger partial charge in [0.05, 0.1) is 7.11 Å². The van der Waals surface area contributed by atoms with Crippen LogP contribution >= 0.6 is 0 Å². The van der Waals surface area contributed by atoms with Crippen molar-refractivity contribution < 1.29 is 28.7 Å². The van der Waals surface area contributed by atoms with Gasteiger partial charge in [-0.1, -0.05) is 51.1 Å². The smallest absolute Gasteiger partial charge is 0.408 e. The van der Waals surface area contributed by atoms with E-state index in [-0.39, 0.29) is 17.8 Å². The third kappa shape index (κ3) is 15.4. The standard InChI is InChI=1S/C21H33N3O4.C5H10O2/c1-14(2)12-16(24-20(27)28-21(3,4)5)19(26)23-17(18(25)22-6)13-15-10-8-7-9-11-15;1-3-4-5(6)7-2/h7-11,14,16-17H,12-13H2,1-6H3,(H,22,25)(H,23,26)(H,24,27);3-4H2,1-2H3. The Hall–Kier alpha value is -3.10. The minimum atomic E-state index is -0.794. The third-order valence-corrected chi connectivity index (χ3v) is 4.56. The first-order valence-corrected chi connectivity index (χ1v) is 11.9. The molecule has 9 nitrogen and oxygen atoms in total. The monoisotopic (exact) mass is 493 g/mol. The first-order valence-electron chi connectivity index (χ1n) is 11.9. The molecule has 1 aromatic rings. The number of carbonyl (C=O) groups excluding carboxylic acids is 4. The number of hydrogen-bond acceptors (Lipinski definition) is 6. The van der Waals surface area contributed by atoms with Crippen LogP contribution < -0.4 is 16.0 Å². The molecule has 198 valence electrons. The maximum Gasteiger partial charge on any atom is 0.408 e. The topological polar surface area (TPSA) is 123 Å². The summed E-state index contributed by atoms with van der Waals surface area (Å²) in [7, 11) is 2.93. The van der Waals surface area contributed by atoms with E-state index in [1.54, 1.807) is 20.8 Å². The second-order valence-corrected chi connectivity index (χ2v) is 9.52. The fraction of sp³-hybridized carbons (Fsp3) is 0.615. The number of likely N-dealkylation sites (N-methyl/N-ethyl adjacent to an activating group) is 1. The first-order chi connectivity index (χ1) is 16.3. The number of hydrogen-bond donors (Lipinski definition) is 3. The minimum absolute atomic E-state index is 0.123. The SMILES string of the molecule is CCCC(=O)OC.CNC(=O)C(Cc1ccccc1)NC(=O)C(CC(C)C)NC(=O)OC(C)(C)C. The van der Waals surface area contributed by atoms with Crippen LogP contribution in [0.1, 0.15) is 66.4 Å². The van der Waals surface area contributed by atoms with Crippen molar-refractivity contribution in [2.75, 3.05) is 14.2 Å². The molecule has 35 heavy (non-hydrogen) atoms. The number of nitrogens with one attached hydrogen (secondary N) is 3. The summed E-state index contributed by atoms with van der Waals surface area (Å²) in [5.41, 5.74) is 0.262. The van der Waals surface area contributed by atoms with Gasteiger partial charge in [0.1, 0.15) is 17.7 Å². The molecule has 3 amide bonds. The zero-order valence-electron chi connectivity index (χ0n) is 22.4. The fourth-order valence-electron chi connectivity index (χ4n) is 2.96. The van der Waals surface area contributed by atoms with Crippen molar-refractivity contribution in [3.8, 4) is 0 Å². The van der Waals surface area contributed by atoms with Crippen LogP contribution in [0.5, 0.6) is 0 Å². The second-order valence-electron chi connectivity index (χ2n) is 9.52. The van der Waals surface area contributed by atoms with E-state index in [9.17, 15) is 19.2 Å². The van der Waals surface area contributed by atoms with Gasteiger partial charge in [0, 0.05) is 19.9 Å². The Morgan fingerprint density at radius 3 is 1.97 bits per heavy atom. The van der Waals surface area contributed by atoms with Crippen LogP contribution in [-0.2, 0) is 30.3 Å². The van der Waals surface area contributed by atoms with Crippen LogP contribution in [0, 0.1) is 5.92 Å². The van der Waals surface area contributed by atoms with Crippen LogP contribution in [0.25, 0.3) is 0 Å². The molecule has 2 atom stereocenters. The van der Waals surface area contributed by atoms with Crippen LogP contribution in [0.15, 0.2) is 30.3 Å².